The summed E-state index contributed by atoms with van der Waals surface area (Å²) >= 11 is 13.8. The number of likely N-dealkylation sites (tertiary alicyclic amines) is 1. The average molecular weight is 778 g/mol. The first-order valence-corrected chi connectivity index (χ1v) is 18.8. The van der Waals surface area contributed by atoms with Crippen LogP contribution in [-0.4, -0.2) is 70.6 Å². The smallest absolute Gasteiger partial charge is 0.326 e. The summed E-state index contributed by atoms with van der Waals surface area (Å²) in [5, 5.41) is 32.5. The Morgan fingerprint density at radius 2 is 1.83 bits per heavy atom. The highest BCUT2D eigenvalue weighted by atomic mass is 35.5. The predicted molar refractivity (Wildman–Crippen MR) is 204 cm³/mol. The van der Waals surface area contributed by atoms with Gasteiger partial charge in [0.25, 0.3) is 0 Å². The van der Waals surface area contributed by atoms with Crippen LogP contribution in [-0.2, 0) is 24.4 Å². The number of carboxylic acids is 1. The largest absolute Gasteiger partial charge is 0.492 e. The van der Waals surface area contributed by atoms with Crippen LogP contribution in [0.3, 0.4) is 0 Å². The third-order valence-corrected chi connectivity index (χ3v) is 10.7. The topological polar surface area (TPSA) is 137 Å². The SMILES string of the molecule is CC(CO)(NCc1cc(Cl)c(O[C@H]2CCc3c(-c4cccc(OCCCN5CCC(F)CC5)c4Cl)cccc32)cc1OCc1cncc(C#N)c1)C(=O)O. The summed E-state index contributed by atoms with van der Waals surface area (Å²) in [4.78, 5) is 18.2. The molecule has 0 saturated carbocycles. The maximum atomic E-state index is 13.5. The summed E-state index contributed by atoms with van der Waals surface area (Å²) in [5.41, 5.74) is 4.00. The number of carboxylic acid groups (broad SMARTS) is 1. The molecule has 2 atom stereocenters. The second-order valence-electron chi connectivity index (χ2n) is 13.9. The van der Waals surface area contributed by atoms with E-state index in [0.29, 0.717) is 69.9 Å². The van der Waals surface area contributed by atoms with Gasteiger partial charge < -0.3 is 29.3 Å². The Balaban J connectivity index is 1.19. The number of hydrogen-bond donors (Lipinski definition) is 3. The van der Waals surface area contributed by atoms with E-state index in [9.17, 15) is 24.7 Å². The van der Waals surface area contributed by atoms with Crippen LogP contribution in [0.4, 0.5) is 4.39 Å². The lowest BCUT2D eigenvalue weighted by Crippen LogP contribution is -2.52. The van der Waals surface area contributed by atoms with Gasteiger partial charge in [0, 0.05) is 61.3 Å². The van der Waals surface area contributed by atoms with Crippen molar-refractivity contribution in [1.82, 2.24) is 15.2 Å². The van der Waals surface area contributed by atoms with E-state index < -0.39 is 24.3 Å². The van der Waals surface area contributed by atoms with Crippen molar-refractivity contribution in [2.75, 3.05) is 32.8 Å². The molecule has 3 N–H and O–H groups in total. The van der Waals surface area contributed by atoms with Gasteiger partial charge in [-0.15, -0.1) is 0 Å². The number of aromatic nitrogens is 1. The van der Waals surface area contributed by atoms with Crippen molar-refractivity contribution in [3.8, 4) is 34.4 Å². The van der Waals surface area contributed by atoms with Crippen LogP contribution in [0.1, 0.15) is 66.5 Å². The van der Waals surface area contributed by atoms with Crippen molar-refractivity contribution >= 4 is 29.2 Å². The molecule has 10 nitrogen and oxygen atoms in total. The van der Waals surface area contributed by atoms with Crippen molar-refractivity contribution in [3.05, 3.63) is 105 Å². The van der Waals surface area contributed by atoms with E-state index in [1.807, 2.05) is 30.3 Å². The number of ether oxygens (including phenoxy) is 3. The number of nitrogens with one attached hydrogen (secondary N) is 1. The molecule has 0 radical (unpaired) electrons. The number of carbonyl (C=O) groups is 1. The number of aliphatic carboxylic acids is 1. The van der Waals surface area contributed by atoms with Crippen LogP contribution in [0.2, 0.25) is 10.0 Å². The van der Waals surface area contributed by atoms with Crippen LogP contribution in [0, 0.1) is 11.3 Å². The van der Waals surface area contributed by atoms with Crippen molar-refractivity contribution < 1.29 is 33.6 Å². The van der Waals surface area contributed by atoms with Crippen molar-refractivity contribution in [1.29, 1.82) is 5.26 Å². The highest BCUT2D eigenvalue weighted by molar-refractivity contribution is 6.35. The molecule has 0 bridgehead atoms. The lowest BCUT2D eigenvalue weighted by Gasteiger charge is -2.28. The van der Waals surface area contributed by atoms with Gasteiger partial charge in [-0.3, -0.25) is 15.1 Å². The van der Waals surface area contributed by atoms with Gasteiger partial charge in [-0.25, -0.2) is 4.39 Å². The number of nitrogens with zero attached hydrogens (tertiary/aromatic N) is 3. The van der Waals surface area contributed by atoms with Gasteiger partial charge in [0.2, 0.25) is 0 Å². The van der Waals surface area contributed by atoms with Crippen LogP contribution < -0.4 is 19.5 Å². The average Bonchev–Trinajstić information content (AvgIpc) is 3.60. The molecule has 1 unspecified atom stereocenters. The van der Waals surface area contributed by atoms with Crippen LogP contribution >= 0.6 is 23.2 Å². The minimum absolute atomic E-state index is 0.0215. The Bertz CT molecular complexity index is 2000. The highest BCUT2D eigenvalue weighted by Gasteiger charge is 2.33. The molecule has 1 aliphatic heterocycles. The molecule has 4 aromatic rings. The molecule has 54 heavy (non-hydrogen) atoms. The maximum Gasteiger partial charge on any atom is 0.326 e. The predicted octanol–water partition coefficient (Wildman–Crippen LogP) is 7.70. The zero-order valence-electron chi connectivity index (χ0n) is 30.0. The van der Waals surface area contributed by atoms with Gasteiger partial charge in [-0.2, -0.15) is 5.26 Å². The zero-order chi connectivity index (χ0) is 38.2. The van der Waals surface area contributed by atoms with E-state index in [1.165, 1.54) is 13.1 Å². The number of aliphatic hydroxyl groups is 1. The van der Waals surface area contributed by atoms with Gasteiger partial charge in [0.05, 0.1) is 28.8 Å². The molecule has 1 aromatic heterocycles. The number of pyridine rings is 1. The third kappa shape index (κ3) is 9.25. The fourth-order valence-corrected chi connectivity index (χ4v) is 7.30. The molecule has 1 aliphatic carbocycles. The molecule has 3 aromatic carbocycles. The van der Waals surface area contributed by atoms with E-state index >= 15 is 0 Å². The number of rotatable bonds is 16. The second-order valence-corrected chi connectivity index (χ2v) is 14.7. The van der Waals surface area contributed by atoms with Crippen LogP contribution in [0.15, 0.2) is 67.0 Å². The number of piperidine rings is 1. The third-order valence-electron chi connectivity index (χ3n) is 10.0. The Hall–Kier alpha value is -4.44. The normalized spacial score (nSPS) is 17.0. The number of fused-ring (bicyclic) bond motifs is 1. The molecular formula is C41H43Cl2FN4O6. The summed E-state index contributed by atoms with van der Waals surface area (Å²) in [6.07, 6.45) is 5.49. The van der Waals surface area contributed by atoms with E-state index in [2.05, 4.69) is 27.3 Å². The van der Waals surface area contributed by atoms with Gasteiger partial charge >= 0.3 is 5.97 Å². The number of aliphatic hydroxyl groups excluding tert-OH is 1. The van der Waals surface area contributed by atoms with Gasteiger partial charge in [-0.1, -0.05) is 53.5 Å². The molecule has 1 fully saturated rings. The lowest BCUT2D eigenvalue weighted by molar-refractivity contribution is -0.145. The maximum absolute atomic E-state index is 13.5. The van der Waals surface area contributed by atoms with Gasteiger partial charge in [0.1, 0.15) is 47.7 Å². The fraction of sp³-hybridized carbons (Fsp3) is 0.390. The first kappa shape index (κ1) is 39.3. The zero-order valence-corrected chi connectivity index (χ0v) is 31.5. The summed E-state index contributed by atoms with van der Waals surface area (Å²) < 4.78 is 32.4. The second kappa shape index (κ2) is 17.8. The standard InChI is InChI=1S/C41H43Cl2FN4O6/c1-41(25-49,40(50)51)47-23-28-18-34(42)38(19-37(28)53-24-27-17-26(20-45)21-46-22-27)54-35-10-9-31-30(5-2-6-32(31)35)33-7-3-8-36(39(33)43)52-16-4-13-48-14-11-29(44)12-15-48/h2-3,5-8,17-19,21-22,29,35,47,49H,4,9-16,23-25H2,1H3,(H,50,51)/t35-,41?/m0/s1. The summed E-state index contributed by atoms with van der Waals surface area (Å²) in [5.74, 6) is 0.176. The van der Waals surface area contributed by atoms with Crippen molar-refractivity contribution in [2.45, 2.75) is 70.0 Å². The van der Waals surface area contributed by atoms with E-state index in [0.717, 1.165) is 54.7 Å². The molecule has 2 aliphatic rings. The quantitative estimate of drug-likeness (QED) is 0.0972. The van der Waals surface area contributed by atoms with E-state index in [4.69, 9.17) is 37.4 Å². The van der Waals surface area contributed by atoms with Gasteiger partial charge in [-0.05, 0) is 73.9 Å². The Kier molecular flexibility index (Phi) is 12.9. The molecule has 284 valence electrons. The molecule has 2 heterocycles. The molecular weight excluding hydrogens is 734 g/mol. The minimum Gasteiger partial charge on any atom is -0.492 e. The minimum atomic E-state index is -1.60. The number of benzene rings is 3. The van der Waals surface area contributed by atoms with Crippen molar-refractivity contribution in [3.63, 3.8) is 0 Å². The van der Waals surface area contributed by atoms with Crippen LogP contribution in [0.5, 0.6) is 17.2 Å². The Morgan fingerprint density at radius 3 is 2.59 bits per heavy atom. The number of nitriles is 1. The van der Waals surface area contributed by atoms with Gasteiger partial charge in [0.15, 0.2) is 0 Å². The number of hydrogen-bond acceptors (Lipinski definition) is 9. The Morgan fingerprint density at radius 1 is 1.06 bits per heavy atom. The number of alkyl halides is 1. The summed E-state index contributed by atoms with van der Waals surface area (Å²) in [6, 6.07) is 19.0. The molecule has 0 spiro atoms. The summed E-state index contributed by atoms with van der Waals surface area (Å²) in [6.45, 7) is 3.78. The van der Waals surface area contributed by atoms with Crippen molar-refractivity contribution in [2.24, 2.45) is 0 Å². The first-order valence-electron chi connectivity index (χ1n) is 18.0. The molecule has 13 heteroatoms. The molecule has 6 rings (SSSR count). The monoisotopic (exact) mass is 776 g/mol. The lowest BCUT2D eigenvalue weighted by atomic mass is 9.96. The molecule has 1 saturated heterocycles. The Labute approximate surface area is 324 Å². The number of halogens is 3. The first-order chi connectivity index (χ1) is 26.1. The van der Waals surface area contributed by atoms with Crippen LogP contribution in [0.25, 0.3) is 11.1 Å². The highest BCUT2D eigenvalue weighted by Crippen LogP contribution is 2.45. The van der Waals surface area contributed by atoms with E-state index in [1.54, 1.807) is 24.4 Å². The fourth-order valence-electron chi connectivity index (χ4n) is 6.79. The molecule has 0 amide bonds. The van der Waals surface area contributed by atoms with E-state index in [-0.39, 0.29) is 19.3 Å². The summed E-state index contributed by atoms with van der Waals surface area (Å²) in [7, 11) is 0.